The first-order valence-electron chi connectivity index (χ1n) is 10.4. The summed E-state index contributed by atoms with van der Waals surface area (Å²) in [5.74, 6) is -1.40. The number of carbonyl (C=O) groups is 1. The van der Waals surface area contributed by atoms with Crippen molar-refractivity contribution in [3.63, 3.8) is 0 Å². The van der Waals surface area contributed by atoms with Crippen LogP contribution in [0.25, 0.3) is 11.0 Å². The Bertz CT molecular complexity index is 1170. The second-order valence-corrected chi connectivity index (χ2v) is 8.96. The summed E-state index contributed by atoms with van der Waals surface area (Å²) in [6.45, 7) is 2.03. The van der Waals surface area contributed by atoms with E-state index in [-0.39, 0.29) is 28.6 Å². The molecule has 2 fully saturated rings. The normalized spacial score (nSPS) is 25.5. The van der Waals surface area contributed by atoms with Gasteiger partial charge in [-0.3, -0.25) is 4.79 Å². The third-order valence-electron chi connectivity index (χ3n) is 6.90. The highest BCUT2D eigenvalue weighted by Gasteiger charge is 2.59. The molecule has 0 aliphatic heterocycles. The monoisotopic (exact) mass is 447 g/mol. The predicted molar refractivity (Wildman–Crippen MR) is 111 cm³/mol. The smallest absolute Gasteiger partial charge is 0.251 e. The molecule has 0 radical (unpaired) electrons. The molecule has 1 aromatic heterocycles. The Morgan fingerprint density at radius 2 is 1.87 bits per heavy atom. The van der Waals surface area contributed by atoms with Gasteiger partial charge in [-0.2, -0.15) is 0 Å². The van der Waals surface area contributed by atoms with Gasteiger partial charge in [-0.25, -0.2) is 18.2 Å². The standard InChI is InChI=1S/C23H21ClF3N3O/c1-2-19(29-23(31)11-3-4-15(24)16(25)5-11)22-13-6-12(7-14(13)22)30-10-28-20-8-17(26)18(27)9-21(20)30/h3-5,8-10,12-14,19,22H,2,6-7H2,1H3,(H,29,31)/t12-,13-,14+,19-,22+/m1/s1. The van der Waals surface area contributed by atoms with E-state index >= 15 is 0 Å². The molecule has 1 N–H and O–H groups in total. The largest absolute Gasteiger partial charge is 0.349 e. The van der Waals surface area contributed by atoms with Crippen molar-refractivity contribution in [1.29, 1.82) is 0 Å². The first-order valence-corrected chi connectivity index (χ1v) is 10.8. The van der Waals surface area contributed by atoms with E-state index in [1.807, 2.05) is 11.5 Å². The van der Waals surface area contributed by atoms with Crippen molar-refractivity contribution in [1.82, 2.24) is 14.9 Å². The first-order chi connectivity index (χ1) is 14.9. The number of hydrogen-bond donors (Lipinski definition) is 1. The molecule has 2 aliphatic rings. The number of carbonyl (C=O) groups excluding carboxylic acids is 1. The Morgan fingerprint density at radius 1 is 1.16 bits per heavy atom. The average molecular weight is 448 g/mol. The lowest BCUT2D eigenvalue weighted by molar-refractivity contribution is 0.0926. The second-order valence-electron chi connectivity index (χ2n) is 8.55. The van der Waals surface area contributed by atoms with Crippen molar-refractivity contribution in [2.45, 2.75) is 38.3 Å². The van der Waals surface area contributed by atoms with Crippen LogP contribution in [0.5, 0.6) is 0 Å². The summed E-state index contributed by atoms with van der Waals surface area (Å²) in [6.07, 6.45) is 4.24. The van der Waals surface area contributed by atoms with E-state index < -0.39 is 17.5 Å². The van der Waals surface area contributed by atoms with Crippen LogP contribution in [0.15, 0.2) is 36.7 Å². The molecule has 8 heteroatoms. The van der Waals surface area contributed by atoms with Crippen LogP contribution >= 0.6 is 11.6 Å². The van der Waals surface area contributed by atoms with Gasteiger partial charge in [0.2, 0.25) is 0 Å². The van der Waals surface area contributed by atoms with Gasteiger partial charge >= 0.3 is 0 Å². The topological polar surface area (TPSA) is 46.9 Å². The molecule has 2 aromatic carbocycles. The van der Waals surface area contributed by atoms with E-state index in [2.05, 4.69) is 10.3 Å². The summed E-state index contributed by atoms with van der Waals surface area (Å²) >= 11 is 5.70. The molecule has 0 bridgehead atoms. The molecule has 2 saturated carbocycles. The number of nitrogens with one attached hydrogen (secondary N) is 1. The van der Waals surface area contributed by atoms with E-state index in [0.717, 1.165) is 31.4 Å². The fourth-order valence-corrected chi connectivity index (χ4v) is 5.48. The number of imidazole rings is 1. The van der Waals surface area contributed by atoms with Gasteiger partial charge in [-0.05, 0) is 55.2 Å². The highest BCUT2D eigenvalue weighted by molar-refractivity contribution is 6.30. The summed E-state index contributed by atoms with van der Waals surface area (Å²) in [5, 5.41) is 3.04. The van der Waals surface area contributed by atoms with Gasteiger partial charge in [0, 0.05) is 29.8 Å². The lowest BCUT2D eigenvalue weighted by Crippen LogP contribution is -2.37. The minimum absolute atomic E-state index is 0.00765. The fraction of sp³-hybridized carbons (Fsp3) is 0.391. The van der Waals surface area contributed by atoms with Crippen LogP contribution in [0.2, 0.25) is 5.02 Å². The average Bonchev–Trinajstić information content (AvgIpc) is 3.06. The third-order valence-corrected chi connectivity index (χ3v) is 7.21. The summed E-state index contributed by atoms with van der Waals surface area (Å²) < 4.78 is 42.8. The molecule has 3 aromatic rings. The van der Waals surface area contributed by atoms with Gasteiger partial charge < -0.3 is 9.88 Å². The zero-order chi connectivity index (χ0) is 21.9. The molecule has 0 spiro atoms. The van der Waals surface area contributed by atoms with Crippen LogP contribution in [-0.2, 0) is 0 Å². The van der Waals surface area contributed by atoms with E-state index in [0.29, 0.717) is 28.8 Å². The van der Waals surface area contributed by atoms with E-state index in [1.165, 1.54) is 18.2 Å². The van der Waals surface area contributed by atoms with Crippen molar-refractivity contribution in [2.24, 2.45) is 17.8 Å². The number of amides is 1. The van der Waals surface area contributed by atoms with Crippen LogP contribution in [0.3, 0.4) is 0 Å². The van der Waals surface area contributed by atoms with Gasteiger partial charge in [0.1, 0.15) is 5.82 Å². The highest BCUT2D eigenvalue weighted by Crippen LogP contribution is 2.62. The van der Waals surface area contributed by atoms with Gasteiger partial charge in [-0.15, -0.1) is 0 Å². The SMILES string of the molecule is CC[C@@H](NC(=O)c1ccc(Cl)c(F)c1)[C@H]1[C@@H]2C[C@@H](n3cnc4cc(F)c(F)cc43)C[C@@H]21. The number of aromatic nitrogens is 2. The zero-order valence-electron chi connectivity index (χ0n) is 16.8. The molecule has 31 heavy (non-hydrogen) atoms. The molecule has 1 amide bonds. The number of benzene rings is 2. The van der Waals surface area contributed by atoms with Crippen molar-refractivity contribution >= 4 is 28.5 Å². The predicted octanol–water partition coefficient (Wildman–Crippen LogP) is 5.51. The lowest BCUT2D eigenvalue weighted by Gasteiger charge is -2.22. The molecule has 1 heterocycles. The Kier molecular flexibility index (Phi) is 4.96. The maximum Gasteiger partial charge on any atom is 0.251 e. The second kappa shape index (κ2) is 7.55. The van der Waals surface area contributed by atoms with Crippen molar-refractivity contribution < 1.29 is 18.0 Å². The highest BCUT2D eigenvalue weighted by atomic mass is 35.5. The maximum atomic E-state index is 13.7. The van der Waals surface area contributed by atoms with Gasteiger partial charge in [0.25, 0.3) is 5.91 Å². The van der Waals surface area contributed by atoms with Gasteiger partial charge in [-0.1, -0.05) is 18.5 Å². The Balaban J connectivity index is 1.26. The molecule has 0 saturated heterocycles. The van der Waals surface area contributed by atoms with E-state index in [9.17, 15) is 18.0 Å². The third kappa shape index (κ3) is 3.49. The number of halogens is 4. The van der Waals surface area contributed by atoms with Gasteiger partial charge in [0.15, 0.2) is 11.6 Å². The maximum absolute atomic E-state index is 13.7. The lowest BCUT2D eigenvalue weighted by atomic mass is 9.98. The van der Waals surface area contributed by atoms with Crippen LogP contribution in [0.4, 0.5) is 13.2 Å². The quantitative estimate of drug-likeness (QED) is 0.560. The van der Waals surface area contributed by atoms with Crippen LogP contribution < -0.4 is 5.32 Å². The van der Waals surface area contributed by atoms with Crippen LogP contribution in [-0.4, -0.2) is 21.5 Å². The summed E-state index contributed by atoms with van der Waals surface area (Å²) in [7, 11) is 0. The van der Waals surface area contributed by atoms with Crippen LogP contribution in [0.1, 0.15) is 42.6 Å². The number of fused-ring (bicyclic) bond motifs is 2. The first kappa shape index (κ1) is 20.4. The summed E-state index contributed by atoms with van der Waals surface area (Å²) in [4.78, 5) is 16.8. The minimum atomic E-state index is -0.894. The summed E-state index contributed by atoms with van der Waals surface area (Å²) in [5.41, 5.74) is 1.31. The van der Waals surface area contributed by atoms with Crippen molar-refractivity contribution in [2.75, 3.05) is 0 Å². The molecular formula is C23H21ClF3N3O. The zero-order valence-corrected chi connectivity index (χ0v) is 17.5. The molecule has 4 nitrogen and oxygen atoms in total. The van der Waals surface area contributed by atoms with Crippen molar-refractivity contribution in [3.8, 4) is 0 Å². The summed E-state index contributed by atoms with van der Waals surface area (Å²) in [6, 6.07) is 6.58. The fourth-order valence-electron chi connectivity index (χ4n) is 5.36. The molecule has 162 valence electrons. The Hall–Kier alpha value is -2.54. The Morgan fingerprint density at radius 3 is 2.55 bits per heavy atom. The number of nitrogens with zero attached hydrogens (tertiary/aromatic N) is 2. The van der Waals surface area contributed by atoms with E-state index in [1.54, 1.807) is 6.33 Å². The number of rotatable bonds is 5. The molecule has 2 aliphatic carbocycles. The molecule has 5 rings (SSSR count). The Labute approximate surface area is 182 Å². The van der Waals surface area contributed by atoms with Crippen molar-refractivity contribution in [3.05, 3.63) is 64.7 Å². The van der Waals surface area contributed by atoms with Crippen LogP contribution in [0, 0.1) is 35.2 Å². The molecule has 5 atom stereocenters. The minimum Gasteiger partial charge on any atom is -0.349 e. The van der Waals surface area contributed by atoms with Gasteiger partial charge in [0.05, 0.1) is 22.4 Å². The number of hydrogen-bond acceptors (Lipinski definition) is 2. The van der Waals surface area contributed by atoms with E-state index in [4.69, 9.17) is 11.6 Å². The molecule has 0 unspecified atom stereocenters. The molecular weight excluding hydrogens is 427 g/mol.